The Morgan fingerprint density at radius 3 is 2.71 bits per heavy atom. The molecule has 0 fully saturated rings. The van der Waals surface area contributed by atoms with E-state index in [0.717, 1.165) is 13.0 Å². The zero-order chi connectivity index (χ0) is 13.0. The fraction of sp³-hybridized carbons (Fsp3) is 0.500. The van der Waals surface area contributed by atoms with Crippen molar-refractivity contribution in [3.63, 3.8) is 0 Å². The maximum absolute atomic E-state index is 12.2. The first-order valence-corrected chi connectivity index (χ1v) is 6.07. The number of hydrogen-bond acceptors (Lipinski definition) is 3. The normalized spacial score (nSPS) is 10.6. The predicted octanol–water partition coefficient (Wildman–Crippen LogP) is 2.58. The summed E-state index contributed by atoms with van der Waals surface area (Å²) in [6.07, 6.45) is 2.38. The number of aromatic nitrogens is 1. The van der Waals surface area contributed by atoms with Gasteiger partial charge in [0.25, 0.3) is 5.91 Å². The maximum Gasteiger partial charge on any atom is 0.255 e. The largest absolute Gasteiger partial charge is 0.382 e. The highest BCUT2D eigenvalue weighted by atomic mass is 35.5. The fourth-order valence-corrected chi connectivity index (χ4v) is 1.73. The minimum absolute atomic E-state index is 0.0590. The molecule has 0 spiro atoms. The molecule has 5 heteroatoms. The van der Waals surface area contributed by atoms with Crippen LogP contribution >= 0.6 is 11.6 Å². The van der Waals surface area contributed by atoms with Gasteiger partial charge in [0.05, 0.1) is 10.6 Å². The molecule has 17 heavy (non-hydrogen) atoms. The van der Waals surface area contributed by atoms with E-state index in [0.29, 0.717) is 10.6 Å². The van der Waals surface area contributed by atoms with Crippen molar-refractivity contribution >= 4 is 23.3 Å². The molecule has 0 saturated carbocycles. The van der Waals surface area contributed by atoms with E-state index in [4.69, 9.17) is 17.3 Å². The average Bonchev–Trinajstić information content (AvgIpc) is 2.28. The number of pyridine rings is 1. The Morgan fingerprint density at radius 2 is 2.24 bits per heavy atom. The third kappa shape index (κ3) is 3.33. The molecular weight excluding hydrogens is 238 g/mol. The van der Waals surface area contributed by atoms with Gasteiger partial charge >= 0.3 is 0 Å². The van der Waals surface area contributed by atoms with Crippen LogP contribution in [0.3, 0.4) is 0 Å². The molecule has 1 rings (SSSR count). The predicted molar refractivity (Wildman–Crippen MR) is 70.1 cm³/mol. The smallest absolute Gasteiger partial charge is 0.255 e. The molecule has 2 N–H and O–H groups in total. The van der Waals surface area contributed by atoms with Gasteiger partial charge < -0.3 is 10.6 Å². The van der Waals surface area contributed by atoms with Gasteiger partial charge in [-0.05, 0) is 26.3 Å². The monoisotopic (exact) mass is 255 g/mol. The van der Waals surface area contributed by atoms with Crippen LogP contribution in [0.5, 0.6) is 0 Å². The maximum atomic E-state index is 12.2. The second-order valence-corrected chi connectivity index (χ2v) is 4.59. The van der Waals surface area contributed by atoms with Crippen molar-refractivity contribution in [1.82, 2.24) is 9.88 Å². The van der Waals surface area contributed by atoms with Gasteiger partial charge in [-0.15, -0.1) is 0 Å². The van der Waals surface area contributed by atoms with Crippen molar-refractivity contribution in [1.29, 1.82) is 0 Å². The molecule has 0 saturated heterocycles. The Bertz CT molecular complexity index is 407. The van der Waals surface area contributed by atoms with Gasteiger partial charge in [-0.3, -0.25) is 4.79 Å². The number of nitrogens with zero attached hydrogens (tertiary/aromatic N) is 2. The number of amides is 1. The van der Waals surface area contributed by atoms with Crippen LogP contribution in [0.15, 0.2) is 12.3 Å². The van der Waals surface area contributed by atoms with Gasteiger partial charge in [0, 0.05) is 18.8 Å². The number of rotatable bonds is 4. The van der Waals surface area contributed by atoms with Crippen LogP contribution in [-0.4, -0.2) is 28.4 Å². The lowest BCUT2D eigenvalue weighted by Crippen LogP contribution is -2.37. The Balaban J connectivity index is 2.97. The Morgan fingerprint density at radius 1 is 1.59 bits per heavy atom. The van der Waals surface area contributed by atoms with Crippen molar-refractivity contribution in [2.45, 2.75) is 33.2 Å². The molecule has 0 aliphatic carbocycles. The van der Waals surface area contributed by atoms with E-state index in [9.17, 15) is 4.79 Å². The number of hydrogen-bond donors (Lipinski definition) is 1. The van der Waals surface area contributed by atoms with Gasteiger partial charge in [0.15, 0.2) is 0 Å². The van der Waals surface area contributed by atoms with Crippen LogP contribution in [0.4, 0.5) is 5.82 Å². The molecule has 0 radical (unpaired) electrons. The van der Waals surface area contributed by atoms with E-state index < -0.39 is 0 Å². The number of nitrogens with two attached hydrogens (primary N) is 1. The third-order valence-electron chi connectivity index (χ3n) is 2.47. The summed E-state index contributed by atoms with van der Waals surface area (Å²) in [6, 6.07) is 1.72. The molecule has 0 bridgehead atoms. The van der Waals surface area contributed by atoms with E-state index in [2.05, 4.69) is 4.98 Å². The van der Waals surface area contributed by atoms with Crippen LogP contribution in [0.2, 0.25) is 5.02 Å². The molecule has 1 aromatic heterocycles. The third-order valence-corrected chi connectivity index (χ3v) is 2.77. The quantitative estimate of drug-likeness (QED) is 0.900. The minimum atomic E-state index is -0.0590. The van der Waals surface area contributed by atoms with Gasteiger partial charge in [-0.25, -0.2) is 4.98 Å². The Hall–Kier alpha value is -1.29. The minimum Gasteiger partial charge on any atom is -0.382 e. The summed E-state index contributed by atoms with van der Waals surface area (Å²) in [7, 11) is 0. The summed E-state index contributed by atoms with van der Waals surface area (Å²) in [5, 5.41) is 0.316. The topological polar surface area (TPSA) is 59.2 Å². The highest BCUT2D eigenvalue weighted by molar-refractivity contribution is 6.33. The van der Waals surface area contributed by atoms with Crippen LogP contribution in [0.25, 0.3) is 0 Å². The molecule has 4 nitrogen and oxygen atoms in total. The van der Waals surface area contributed by atoms with Crippen molar-refractivity contribution in [2.75, 3.05) is 12.3 Å². The number of carbonyl (C=O) groups is 1. The first-order chi connectivity index (χ1) is 7.97. The lowest BCUT2D eigenvalue weighted by molar-refractivity contribution is 0.0705. The Kier molecular flexibility index (Phi) is 4.75. The molecule has 0 atom stereocenters. The molecule has 0 unspecified atom stereocenters. The van der Waals surface area contributed by atoms with E-state index in [1.165, 1.54) is 6.20 Å². The zero-order valence-corrected chi connectivity index (χ0v) is 11.2. The van der Waals surface area contributed by atoms with Crippen molar-refractivity contribution in [3.05, 3.63) is 22.8 Å². The molecule has 0 aromatic carbocycles. The van der Waals surface area contributed by atoms with Crippen LogP contribution in [-0.2, 0) is 0 Å². The number of nitrogen functional groups attached to an aromatic ring is 1. The molecule has 1 amide bonds. The summed E-state index contributed by atoms with van der Waals surface area (Å²) in [5.41, 5.74) is 5.99. The molecule has 0 aliphatic heterocycles. The van der Waals surface area contributed by atoms with Crippen molar-refractivity contribution < 1.29 is 4.79 Å². The molecule has 94 valence electrons. The van der Waals surface area contributed by atoms with Crippen molar-refractivity contribution in [3.8, 4) is 0 Å². The van der Waals surface area contributed by atoms with E-state index in [1.54, 1.807) is 11.0 Å². The molecule has 1 aromatic rings. The second kappa shape index (κ2) is 5.87. The first-order valence-electron chi connectivity index (χ1n) is 5.69. The number of anilines is 1. The van der Waals surface area contributed by atoms with Gasteiger partial charge in [-0.2, -0.15) is 0 Å². The van der Waals surface area contributed by atoms with Crippen LogP contribution < -0.4 is 5.73 Å². The Labute approximate surface area is 107 Å². The number of halogens is 1. The summed E-state index contributed by atoms with van der Waals surface area (Å²) >= 11 is 5.86. The lowest BCUT2D eigenvalue weighted by Gasteiger charge is -2.26. The fourth-order valence-electron chi connectivity index (χ4n) is 1.57. The zero-order valence-electron chi connectivity index (χ0n) is 10.4. The van der Waals surface area contributed by atoms with E-state index in [1.807, 2.05) is 20.8 Å². The summed E-state index contributed by atoms with van der Waals surface area (Å²) in [6.45, 7) is 6.73. The molecule has 0 aliphatic rings. The highest BCUT2D eigenvalue weighted by Gasteiger charge is 2.18. The molecular formula is C12H18ClN3O. The number of carbonyl (C=O) groups excluding carboxylic acids is 1. The standard InChI is InChI=1S/C12H18ClN3O/c1-4-5-16(8(2)3)12(17)9-6-10(13)11(14)15-7-9/h6-8H,4-5H2,1-3H3,(H2,14,15). The van der Waals surface area contributed by atoms with E-state index in [-0.39, 0.29) is 17.8 Å². The second-order valence-electron chi connectivity index (χ2n) is 4.18. The first kappa shape index (κ1) is 13.8. The van der Waals surface area contributed by atoms with Crippen LogP contribution in [0, 0.1) is 0 Å². The highest BCUT2D eigenvalue weighted by Crippen LogP contribution is 2.18. The van der Waals surface area contributed by atoms with Gasteiger partial charge in [0.1, 0.15) is 5.82 Å². The summed E-state index contributed by atoms with van der Waals surface area (Å²) in [4.78, 5) is 17.9. The van der Waals surface area contributed by atoms with E-state index >= 15 is 0 Å². The lowest BCUT2D eigenvalue weighted by atomic mass is 10.2. The SMILES string of the molecule is CCCN(C(=O)c1cnc(N)c(Cl)c1)C(C)C. The van der Waals surface area contributed by atoms with Crippen molar-refractivity contribution in [2.24, 2.45) is 0 Å². The summed E-state index contributed by atoms with van der Waals surface area (Å²) in [5.74, 6) is 0.186. The summed E-state index contributed by atoms with van der Waals surface area (Å²) < 4.78 is 0. The molecule has 1 heterocycles. The van der Waals surface area contributed by atoms with Gasteiger partial charge in [0.2, 0.25) is 0 Å². The van der Waals surface area contributed by atoms with Crippen LogP contribution in [0.1, 0.15) is 37.6 Å². The average molecular weight is 256 g/mol. The van der Waals surface area contributed by atoms with Gasteiger partial charge in [-0.1, -0.05) is 18.5 Å².